The molecule has 5 rings (SSSR count). The summed E-state index contributed by atoms with van der Waals surface area (Å²) >= 11 is 0. The van der Waals surface area contributed by atoms with Crippen LogP contribution in [0.5, 0.6) is 0 Å². The van der Waals surface area contributed by atoms with E-state index in [0.717, 1.165) is 19.3 Å². The summed E-state index contributed by atoms with van der Waals surface area (Å²) in [4.78, 5) is 13.2. The maximum absolute atomic E-state index is 10.4. The number of aliphatic hydroxyl groups is 3. The van der Waals surface area contributed by atoms with Crippen molar-refractivity contribution in [1.29, 1.82) is 0 Å². The van der Waals surface area contributed by atoms with E-state index in [1.165, 1.54) is 23.8 Å². The van der Waals surface area contributed by atoms with Gasteiger partial charge in [-0.05, 0) is 37.3 Å². The van der Waals surface area contributed by atoms with Crippen LogP contribution in [-0.2, 0) is 16.1 Å². The average Bonchev–Trinajstić information content (AvgIpc) is 3.52. The van der Waals surface area contributed by atoms with E-state index in [0.29, 0.717) is 23.6 Å². The lowest BCUT2D eigenvalue weighted by Gasteiger charge is -2.22. The summed E-state index contributed by atoms with van der Waals surface area (Å²) in [5, 5.41) is 33.3. The molecule has 33 heavy (non-hydrogen) atoms. The number of hydrogen-bond donors (Lipinski definition) is 4. The number of anilines is 1. The van der Waals surface area contributed by atoms with E-state index in [-0.39, 0.29) is 12.1 Å². The molecule has 1 saturated carbocycles. The van der Waals surface area contributed by atoms with Crippen LogP contribution in [-0.4, -0.2) is 71.9 Å². The number of hydrogen-bond acceptors (Lipinski definition) is 9. The van der Waals surface area contributed by atoms with Crippen molar-refractivity contribution in [2.75, 3.05) is 11.9 Å². The van der Waals surface area contributed by atoms with E-state index in [2.05, 4.69) is 39.3 Å². The quantitative estimate of drug-likeness (QED) is 0.416. The van der Waals surface area contributed by atoms with Crippen molar-refractivity contribution >= 4 is 17.0 Å². The fraction of sp³-hybridized carbons (Fsp3) is 0.522. The third-order valence-electron chi connectivity index (χ3n) is 6.64. The smallest absolute Gasteiger partial charge is 0.167 e. The van der Waals surface area contributed by atoms with Gasteiger partial charge in [0.1, 0.15) is 24.6 Å². The average molecular weight is 456 g/mol. The van der Waals surface area contributed by atoms with Gasteiger partial charge in [-0.1, -0.05) is 24.3 Å². The summed E-state index contributed by atoms with van der Waals surface area (Å²) < 4.78 is 13.5. The second-order valence-corrected chi connectivity index (χ2v) is 8.73. The molecule has 1 aliphatic heterocycles. The fourth-order valence-electron chi connectivity index (χ4n) is 4.69. The molecule has 1 saturated heterocycles. The molecule has 0 bridgehead atoms. The molecule has 1 aliphatic carbocycles. The fourth-order valence-corrected chi connectivity index (χ4v) is 4.69. The second kappa shape index (κ2) is 9.32. The lowest BCUT2D eigenvalue weighted by atomic mass is 10.1. The highest BCUT2D eigenvalue weighted by Gasteiger charge is 2.44. The van der Waals surface area contributed by atoms with Crippen LogP contribution in [0.1, 0.15) is 36.6 Å². The van der Waals surface area contributed by atoms with Gasteiger partial charge in [-0.3, -0.25) is 4.57 Å². The highest BCUT2D eigenvalue weighted by Crippen LogP contribution is 2.33. The van der Waals surface area contributed by atoms with E-state index in [1.807, 2.05) is 12.1 Å². The number of aromatic nitrogens is 4. The van der Waals surface area contributed by atoms with Crippen LogP contribution >= 0.6 is 0 Å². The van der Waals surface area contributed by atoms with Crippen LogP contribution in [0.2, 0.25) is 0 Å². The van der Waals surface area contributed by atoms with E-state index >= 15 is 0 Å². The van der Waals surface area contributed by atoms with Crippen LogP contribution in [0.3, 0.4) is 0 Å². The molecule has 0 radical (unpaired) electrons. The van der Waals surface area contributed by atoms with Gasteiger partial charge in [0.15, 0.2) is 23.2 Å². The topological polar surface area (TPSA) is 135 Å². The standard InChI is InChI=1S/C23H29N5O5/c1-13-5-2-3-6-14(13)10-32-16-8-4-7-15(16)27-21-18-22(25-11-24-21)28(12-26-18)23-20(31)19(30)17(9-29)33-23/h2-3,5-6,11-12,15-17,19-20,23,29-31H,4,7-10H2,1H3,(H,24,25,27)/t15-,16-,17-,19-,20-,23-/m1/s1. The minimum atomic E-state index is -1.21. The molecule has 0 amide bonds. The van der Waals surface area contributed by atoms with Crippen molar-refractivity contribution < 1.29 is 24.8 Å². The molecule has 176 valence electrons. The molecule has 0 spiro atoms. The first kappa shape index (κ1) is 22.2. The summed E-state index contributed by atoms with van der Waals surface area (Å²) in [6, 6.07) is 8.32. The number of rotatable bonds is 7. The maximum atomic E-state index is 10.4. The Morgan fingerprint density at radius 3 is 2.79 bits per heavy atom. The highest BCUT2D eigenvalue weighted by molar-refractivity contribution is 5.82. The van der Waals surface area contributed by atoms with Gasteiger partial charge in [-0.15, -0.1) is 0 Å². The molecular formula is C23H29N5O5. The zero-order chi connectivity index (χ0) is 22.9. The molecule has 3 aromatic rings. The van der Waals surface area contributed by atoms with Gasteiger partial charge in [-0.2, -0.15) is 0 Å². The van der Waals surface area contributed by atoms with Crippen LogP contribution < -0.4 is 5.32 Å². The van der Waals surface area contributed by atoms with Crippen molar-refractivity contribution in [1.82, 2.24) is 19.5 Å². The second-order valence-electron chi connectivity index (χ2n) is 8.73. The van der Waals surface area contributed by atoms with E-state index in [9.17, 15) is 15.3 Å². The Kier molecular flexibility index (Phi) is 6.26. The van der Waals surface area contributed by atoms with Crippen LogP contribution in [0.25, 0.3) is 11.2 Å². The summed E-state index contributed by atoms with van der Waals surface area (Å²) in [6.07, 6.45) is 1.80. The van der Waals surface area contributed by atoms with Gasteiger partial charge in [0, 0.05) is 0 Å². The number of benzene rings is 1. The van der Waals surface area contributed by atoms with Crippen molar-refractivity contribution in [3.63, 3.8) is 0 Å². The van der Waals surface area contributed by atoms with E-state index in [4.69, 9.17) is 9.47 Å². The normalized spacial score (nSPS) is 29.7. The summed E-state index contributed by atoms with van der Waals surface area (Å²) in [5.41, 5.74) is 3.41. The number of imidazole rings is 1. The molecule has 2 aliphatic rings. The van der Waals surface area contributed by atoms with Crippen LogP contribution in [0, 0.1) is 6.92 Å². The largest absolute Gasteiger partial charge is 0.394 e. The number of ether oxygens (including phenoxy) is 2. The molecule has 6 atom stereocenters. The molecule has 2 aromatic heterocycles. The third-order valence-corrected chi connectivity index (χ3v) is 6.64. The van der Waals surface area contributed by atoms with Crippen LogP contribution in [0.4, 0.5) is 5.82 Å². The summed E-state index contributed by atoms with van der Waals surface area (Å²) in [6.45, 7) is 2.26. The van der Waals surface area contributed by atoms with E-state index < -0.39 is 31.1 Å². The molecule has 0 unspecified atom stereocenters. The monoisotopic (exact) mass is 455 g/mol. The Hall–Kier alpha value is -2.63. The lowest BCUT2D eigenvalue weighted by Crippen LogP contribution is -2.33. The zero-order valence-electron chi connectivity index (χ0n) is 18.4. The SMILES string of the molecule is Cc1ccccc1CO[C@@H]1CCC[C@H]1Nc1ncnc2c1ncn2[C@@H]1O[C@H](CO)[C@@H](O)[C@H]1O. The van der Waals surface area contributed by atoms with Crippen molar-refractivity contribution in [2.45, 2.75) is 69.5 Å². The first-order chi connectivity index (χ1) is 16.1. The number of fused-ring (bicyclic) bond motifs is 1. The van der Waals surface area contributed by atoms with Crippen molar-refractivity contribution in [3.05, 3.63) is 48.0 Å². The summed E-state index contributed by atoms with van der Waals surface area (Å²) in [5.74, 6) is 0.585. The Balaban J connectivity index is 1.33. The zero-order valence-corrected chi connectivity index (χ0v) is 18.4. The van der Waals surface area contributed by atoms with Gasteiger partial charge in [0.25, 0.3) is 0 Å². The molecule has 10 nitrogen and oxygen atoms in total. The Morgan fingerprint density at radius 2 is 2.00 bits per heavy atom. The highest BCUT2D eigenvalue weighted by atomic mass is 16.6. The summed E-state index contributed by atoms with van der Waals surface area (Å²) in [7, 11) is 0. The molecule has 10 heteroatoms. The van der Waals surface area contributed by atoms with Gasteiger partial charge >= 0.3 is 0 Å². The van der Waals surface area contributed by atoms with Gasteiger partial charge in [0.2, 0.25) is 0 Å². The first-order valence-electron chi connectivity index (χ1n) is 11.3. The van der Waals surface area contributed by atoms with Crippen molar-refractivity contribution in [2.24, 2.45) is 0 Å². The molecule has 2 fully saturated rings. The van der Waals surface area contributed by atoms with Crippen molar-refractivity contribution in [3.8, 4) is 0 Å². The lowest BCUT2D eigenvalue weighted by molar-refractivity contribution is -0.0511. The maximum Gasteiger partial charge on any atom is 0.167 e. The molecule has 3 heterocycles. The predicted molar refractivity (Wildman–Crippen MR) is 119 cm³/mol. The van der Waals surface area contributed by atoms with E-state index in [1.54, 1.807) is 4.57 Å². The van der Waals surface area contributed by atoms with Gasteiger partial charge < -0.3 is 30.1 Å². The Bertz CT molecular complexity index is 1110. The third kappa shape index (κ3) is 4.20. The Labute approximate surface area is 191 Å². The number of aryl methyl sites for hydroxylation is 1. The Morgan fingerprint density at radius 1 is 1.15 bits per heavy atom. The number of nitrogens with zero attached hydrogens (tertiary/aromatic N) is 4. The predicted octanol–water partition coefficient (Wildman–Crippen LogP) is 1.30. The number of aliphatic hydroxyl groups excluding tert-OH is 3. The van der Waals surface area contributed by atoms with Gasteiger partial charge in [0.05, 0.1) is 31.7 Å². The molecule has 4 N–H and O–H groups in total. The minimum Gasteiger partial charge on any atom is -0.394 e. The van der Waals surface area contributed by atoms with Crippen LogP contribution in [0.15, 0.2) is 36.9 Å². The molecule has 1 aromatic carbocycles. The number of nitrogens with one attached hydrogen (secondary N) is 1. The molecular weight excluding hydrogens is 426 g/mol. The minimum absolute atomic E-state index is 0.0529. The first-order valence-corrected chi connectivity index (χ1v) is 11.3. The van der Waals surface area contributed by atoms with Gasteiger partial charge in [-0.25, -0.2) is 15.0 Å².